The molecule has 2 aliphatic carbocycles. The third-order valence-corrected chi connectivity index (χ3v) is 6.47. The van der Waals surface area contributed by atoms with Crippen molar-refractivity contribution >= 4 is 0 Å². The van der Waals surface area contributed by atoms with Crippen LogP contribution in [0.4, 0.5) is 0 Å². The van der Waals surface area contributed by atoms with Crippen molar-refractivity contribution in [2.24, 2.45) is 11.8 Å². The van der Waals surface area contributed by atoms with Gasteiger partial charge in [-0.2, -0.15) is 0 Å². The molecular weight excluding hydrogens is 335 g/mol. The van der Waals surface area contributed by atoms with Crippen LogP contribution in [0.1, 0.15) is 54.4 Å². The number of rotatable bonds is 4. The van der Waals surface area contributed by atoms with Crippen LogP contribution in [0, 0.1) is 11.8 Å². The Morgan fingerprint density at radius 1 is 0.762 bits per heavy atom. The van der Waals surface area contributed by atoms with E-state index in [2.05, 4.69) is 53.7 Å². The molecule has 0 bridgehead atoms. The average Bonchev–Trinajstić information content (AvgIpc) is 2.83. The second kappa shape index (κ2) is 8.77. The molecule has 0 N–H and O–H groups in total. The second-order valence-corrected chi connectivity index (χ2v) is 8.54. The maximum Gasteiger partial charge on any atom is -1.00 e. The second-order valence-electron chi connectivity index (χ2n) is 6.47. The van der Waals surface area contributed by atoms with E-state index in [1.807, 2.05) is 0 Å². The summed E-state index contributed by atoms with van der Waals surface area (Å²) in [5.41, 5.74) is 6.57. The van der Waals surface area contributed by atoms with Gasteiger partial charge in [0.1, 0.15) is 0 Å². The van der Waals surface area contributed by atoms with Gasteiger partial charge < -0.3 is 24.8 Å². The molecule has 3 heteroatoms. The van der Waals surface area contributed by atoms with Crippen molar-refractivity contribution in [3.8, 4) is 0 Å². The van der Waals surface area contributed by atoms with E-state index < -0.39 is 0 Å². The summed E-state index contributed by atoms with van der Waals surface area (Å²) in [4.78, 5) is 0. The van der Waals surface area contributed by atoms with Gasteiger partial charge in [-0.15, -0.1) is 0 Å². The summed E-state index contributed by atoms with van der Waals surface area (Å²) in [5.74, 6) is 1.37. The van der Waals surface area contributed by atoms with Crippen LogP contribution in [0.2, 0.25) is 0 Å². The molecule has 0 nitrogen and oxygen atoms in total. The largest absolute Gasteiger partial charge is 1.00 e. The zero-order valence-corrected chi connectivity index (χ0v) is 17.1. The molecule has 0 aromatic rings. The summed E-state index contributed by atoms with van der Waals surface area (Å²) in [5, 5.41) is 0. The van der Waals surface area contributed by atoms with Gasteiger partial charge in [-0.1, -0.05) is 0 Å². The zero-order chi connectivity index (χ0) is 14.2. The maximum absolute atomic E-state index is 2.51. The average molecular weight is 361 g/mol. The minimum absolute atomic E-state index is 0. The van der Waals surface area contributed by atoms with Gasteiger partial charge in [0.2, 0.25) is 0 Å². The van der Waals surface area contributed by atoms with Crippen molar-refractivity contribution in [2.45, 2.75) is 54.4 Å². The van der Waals surface area contributed by atoms with E-state index in [1.165, 1.54) is 12.8 Å². The van der Waals surface area contributed by atoms with Crippen molar-refractivity contribution in [2.75, 3.05) is 0 Å². The number of allylic oxidation sites excluding steroid dienone is 8. The fourth-order valence-electron chi connectivity index (χ4n) is 3.40. The predicted molar refractivity (Wildman–Crippen MR) is 80.5 cm³/mol. The molecule has 0 aromatic heterocycles. The van der Waals surface area contributed by atoms with Gasteiger partial charge in [0.25, 0.3) is 0 Å². The molecular formula is C18H26Cl2Ti. The van der Waals surface area contributed by atoms with Gasteiger partial charge in [0, 0.05) is 0 Å². The molecule has 0 saturated heterocycles. The van der Waals surface area contributed by atoms with Gasteiger partial charge >= 0.3 is 128 Å². The molecule has 2 aliphatic rings. The van der Waals surface area contributed by atoms with Crippen LogP contribution in [0.15, 0.2) is 42.2 Å². The summed E-state index contributed by atoms with van der Waals surface area (Å²) in [6.45, 7) is 14.0. The Balaban J connectivity index is 0.00000200. The van der Waals surface area contributed by atoms with Crippen molar-refractivity contribution in [1.82, 2.24) is 0 Å². The van der Waals surface area contributed by atoms with E-state index in [0.29, 0.717) is 11.8 Å². The van der Waals surface area contributed by atoms with Crippen LogP contribution in [0.3, 0.4) is 0 Å². The number of halogens is 2. The smallest absolute Gasteiger partial charge is 1.00 e. The van der Waals surface area contributed by atoms with E-state index in [4.69, 9.17) is 0 Å². The molecule has 0 heterocycles. The van der Waals surface area contributed by atoms with Gasteiger partial charge in [-0.3, -0.25) is 0 Å². The number of hydrogen-bond acceptors (Lipinski definition) is 0. The standard InChI is InChI=1S/2C9H13.2ClH.Ti/c2*1-7(2)9-6-4-5-8(9)3;;;/h2*4,7H,5H2,1-3H3;2*1H;/q;;;;+2/p-2. The van der Waals surface area contributed by atoms with Crippen LogP contribution in [0.25, 0.3) is 0 Å². The van der Waals surface area contributed by atoms with E-state index in [0.717, 1.165) is 0 Å². The Morgan fingerprint density at radius 3 is 1.38 bits per heavy atom. The molecule has 0 amide bonds. The Labute approximate surface area is 152 Å². The Kier molecular flexibility index (Phi) is 8.88. The molecule has 0 atom stereocenters. The Bertz CT molecular complexity index is 459. The molecule has 0 aliphatic heterocycles. The molecule has 116 valence electrons. The first-order valence-electron chi connectivity index (χ1n) is 7.49. The number of hydrogen-bond donors (Lipinski definition) is 0. The molecule has 0 radical (unpaired) electrons. The summed E-state index contributed by atoms with van der Waals surface area (Å²) in [6.07, 6.45) is 7.41. The normalized spacial score (nSPS) is 17.7. The SMILES string of the molecule is CC1=C(C(C)C)[C]([Ti+2][C]2=CCC(C)=C2C(C)C)=CC1.[Cl-].[Cl-]. The minimum Gasteiger partial charge on any atom is -1.00 e. The minimum atomic E-state index is -0.131. The van der Waals surface area contributed by atoms with E-state index in [-0.39, 0.29) is 44.0 Å². The quantitative estimate of drug-likeness (QED) is 0.598. The van der Waals surface area contributed by atoms with Gasteiger partial charge in [0.05, 0.1) is 0 Å². The third-order valence-electron chi connectivity index (χ3n) is 4.15. The van der Waals surface area contributed by atoms with Crippen LogP contribution in [0.5, 0.6) is 0 Å². The van der Waals surface area contributed by atoms with Gasteiger partial charge in [-0.25, -0.2) is 0 Å². The van der Waals surface area contributed by atoms with Crippen LogP contribution in [-0.2, 0) is 19.2 Å². The summed E-state index contributed by atoms with van der Waals surface area (Å²) in [6, 6.07) is 0. The summed E-state index contributed by atoms with van der Waals surface area (Å²) >= 11 is -0.131. The van der Waals surface area contributed by atoms with Gasteiger partial charge in [-0.05, 0) is 0 Å². The van der Waals surface area contributed by atoms with Crippen LogP contribution < -0.4 is 24.8 Å². The zero-order valence-electron chi connectivity index (χ0n) is 14.0. The molecule has 0 fully saturated rings. The Morgan fingerprint density at radius 2 is 1.10 bits per heavy atom. The van der Waals surface area contributed by atoms with Crippen molar-refractivity contribution in [3.63, 3.8) is 0 Å². The topological polar surface area (TPSA) is 0 Å². The summed E-state index contributed by atoms with van der Waals surface area (Å²) < 4.78 is 3.43. The molecule has 0 aromatic carbocycles. The fraction of sp³-hybridized carbons (Fsp3) is 0.556. The summed E-state index contributed by atoms with van der Waals surface area (Å²) in [7, 11) is 0. The third kappa shape index (κ3) is 4.61. The van der Waals surface area contributed by atoms with E-state index in [1.54, 1.807) is 30.0 Å². The Hall–Kier alpha value is 0.254. The molecule has 2 rings (SSSR count). The molecule has 0 saturated carbocycles. The first-order chi connectivity index (χ1) is 8.91. The van der Waals surface area contributed by atoms with Crippen molar-refractivity contribution < 1.29 is 44.0 Å². The first-order valence-corrected chi connectivity index (χ1v) is 9.05. The maximum atomic E-state index is 2.51. The predicted octanol–water partition coefficient (Wildman–Crippen LogP) is -0.403. The molecule has 21 heavy (non-hydrogen) atoms. The fourth-order valence-corrected chi connectivity index (χ4v) is 6.48. The van der Waals surface area contributed by atoms with Crippen molar-refractivity contribution in [3.05, 3.63) is 42.2 Å². The van der Waals surface area contributed by atoms with Crippen LogP contribution in [-0.4, -0.2) is 0 Å². The molecule has 0 unspecified atom stereocenters. The van der Waals surface area contributed by atoms with E-state index in [9.17, 15) is 0 Å². The van der Waals surface area contributed by atoms with E-state index >= 15 is 0 Å². The molecule has 0 spiro atoms. The monoisotopic (exact) mass is 360 g/mol. The van der Waals surface area contributed by atoms with Crippen molar-refractivity contribution in [1.29, 1.82) is 0 Å². The van der Waals surface area contributed by atoms with Crippen LogP contribution >= 0.6 is 0 Å². The first kappa shape index (κ1) is 21.3. The van der Waals surface area contributed by atoms with Gasteiger partial charge in [0.15, 0.2) is 0 Å².